The zero-order valence-electron chi connectivity index (χ0n) is 12.6. The third-order valence-corrected chi connectivity index (χ3v) is 4.06. The number of piperidine rings is 1. The fourth-order valence-corrected chi connectivity index (χ4v) is 2.82. The van der Waals surface area contributed by atoms with Crippen LogP contribution in [0.5, 0.6) is 5.75 Å². The van der Waals surface area contributed by atoms with E-state index in [-0.39, 0.29) is 12.3 Å². The van der Waals surface area contributed by atoms with Gasteiger partial charge < -0.3 is 15.0 Å². The first-order valence-electron chi connectivity index (χ1n) is 7.59. The number of urea groups is 1. The van der Waals surface area contributed by atoms with Crippen molar-refractivity contribution in [2.24, 2.45) is 0 Å². The standard InChI is InChI=1S/C16H23ClN2O2/c1-3-14-6-4-5-11-19(14)16(20)18-12(2)21-15-9-7-13(17)8-10-15/h7-10,12,14H,3-6,11H2,1-2H3,(H,18,20). The third kappa shape index (κ3) is 4.53. The monoisotopic (exact) mass is 310 g/mol. The van der Waals surface area contributed by atoms with Gasteiger partial charge in [-0.15, -0.1) is 0 Å². The fraction of sp³-hybridized carbons (Fsp3) is 0.562. The van der Waals surface area contributed by atoms with Crippen molar-refractivity contribution in [3.8, 4) is 5.75 Å². The molecule has 2 rings (SSSR count). The van der Waals surface area contributed by atoms with E-state index in [4.69, 9.17) is 16.3 Å². The Balaban J connectivity index is 1.87. The van der Waals surface area contributed by atoms with Gasteiger partial charge in [-0.2, -0.15) is 0 Å². The molecular weight excluding hydrogens is 288 g/mol. The molecule has 1 fully saturated rings. The molecule has 2 amide bonds. The van der Waals surface area contributed by atoms with Gasteiger partial charge in [0, 0.05) is 17.6 Å². The van der Waals surface area contributed by atoms with E-state index in [9.17, 15) is 4.79 Å². The highest BCUT2D eigenvalue weighted by atomic mass is 35.5. The molecule has 0 saturated carbocycles. The van der Waals surface area contributed by atoms with E-state index in [0.29, 0.717) is 16.8 Å². The molecule has 21 heavy (non-hydrogen) atoms. The second-order valence-electron chi connectivity index (χ2n) is 5.41. The Morgan fingerprint density at radius 3 is 2.81 bits per heavy atom. The van der Waals surface area contributed by atoms with Gasteiger partial charge >= 0.3 is 6.03 Å². The van der Waals surface area contributed by atoms with E-state index in [2.05, 4.69) is 12.2 Å². The Bertz CT molecular complexity index is 464. The lowest BCUT2D eigenvalue weighted by atomic mass is 10.0. The van der Waals surface area contributed by atoms with Crippen LogP contribution < -0.4 is 10.1 Å². The van der Waals surface area contributed by atoms with Crippen LogP contribution in [-0.2, 0) is 0 Å². The second kappa shape index (κ2) is 7.55. The Morgan fingerprint density at radius 1 is 1.43 bits per heavy atom. The molecule has 1 saturated heterocycles. The fourth-order valence-electron chi connectivity index (χ4n) is 2.70. The number of carbonyl (C=O) groups excluding carboxylic acids is 1. The van der Waals surface area contributed by atoms with E-state index >= 15 is 0 Å². The Morgan fingerprint density at radius 2 is 2.14 bits per heavy atom. The number of amides is 2. The summed E-state index contributed by atoms with van der Waals surface area (Å²) in [6.45, 7) is 4.79. The van der Waals surface area contributed by atoms with Gasteiger partial charge in [0.2, 0.25) is 0 Å². The van der Waals surface area contributed by atoms with Crippen LogP contribution in [0.2, 0.25) is 5.02 Å². The topological polar surface area (TPSA) is 41.6 Å². The van der Waals surface area contributed by atoms with Crippen LogP contribution in [0.4, 0.5) is 4.79 Å². The van der Waals surface area contributed by atoms with Crippen molar-refractivity contribution in [2.75, 3.05) is 6.54 Å². The van der Waals surface area contributed by atoms with Crippen LogP contribution >= 0.6 is 11.6 Å². The van der Waals surface area contributed by atoms with Crippen LogP contribution in [0.15, 0.2) is 24.3 Å². The number of benzene rings is 1. The molecule has 5 heteroatoms. The first-order chi connectivity index (χ1) is 10.1. The second-order valence-corrected chi connectivity index (χ2v) is 5.85. The molecule has 0 aliphatic carbocycles. The summed E-state index contributed by atoms with van der Waals surface area (Å²) >= 11 is 5.83. The molecule has 1 aliphatic heterocycles. The Kier molecular flexibility index (Phi) is 5.74. The summed E-state index contributed by atoms with van der Waals surface area (Å²) < 4.78 is 5.68. The van der Waals surface area contributed by atoms with Gasteiger partial charge in [-0.1, -0.05) is 18.5 Å². The Hall–Kier alpha value is -1.42. The van der Waals surface area contributed by atoms with Crippen molar-refractivity contribution in [1.82, 2.24) is 10.2 Å². The van der Waals surface area contributed by atoms with Crippen LogP contribution in [0.3, 0.4) is 0 Å². The van der Waals surface area contributed by atoms with Crippen molar-refractivity contribution < 1.29 is 9.53 Å². The predicted octanol–water partition coefficient (Wildman–Crippen LogP) is 4.04. The SMILES string of the molecule is CCC1CCCCN1C(=O)NC(C)Oc1ccc(Cl)cc1. The number of nitrogens with one attached hydrogen (secondary N) is 1. The molecule has 2 unspecified atom stereocenters. The minimum Gasteiger partial charge on any atom is -0.471 e. The molecule has 116 valence electrons. The van der Waals surface area contributed by atoms with Crippen LogP contribution in [0.25, 0.3) is 0 Å². The minimum absolute atomic E-state index is 0.0389. The average Bonchev–Trinajstić information content (AvgIpc) is 2.49. The molecule has 2 atom stereocenters. The van der Waals surface area contributed by atoms with Crippen LogP contribution in [0, 0.1) is 0 Å². The van der Waals surface area contributed by atoms with Gasteiger partial charge in [0.15, 0.2) is 6.23 Å². The number of halogens is 1. The van der Waals surface area contributed by atoms with E-state index in [1.54, 1.807) is 24.3 Å². The largest absolute Gasteiger partial charge is 0.471 e. The summed E-state index contributed by atoms with van der Waals surface area (Å²) in [7, 11) is 0. The highest BCUT2D eigenvalue weighted by molar-refractivity contribution is 6.30. The molecule has 0 spiro atoms. The predicted molar refractivity (Wildman–Crippen MR) is 84.7 cm³/mol. The highest BCUT2D eigenvalue weighted by Gasteiger charge is 2.26. The maximum Gasteiger partial charge on any atom is 0.320 e. The molecule has 1 aromatic carbocycles. The van der Waals surface area contributed by atoms with Gasteiger partial charge in [-0.3, -0.25) is 0 Å². The van der Waals surface area contributed by atoms with Gasteiger partial charge in [-0.05, 0) is 56.9 Å². The summed E-state index contributed by atoms with van der Waals surface area (Å²) in [5.41, 5.74) is 0. The van der Waals surface area contributed by atoms with Crippen LogP contribution in [0.1, 0.15) is 39.5 Å². The zero-order valence-corrected chi connectivity index (χ0v) is 13.4. The number of likely N-dealkylation sites (tertiary alicyclic amines) is 1. The molecule has 0 radical (unpaired) electrons. The zero-order chi connectivity index (χ0) is 15.2. The molecule has 0 aromatic heterocycles. The summed E-state index contributed by atoms with van der Waals surface area (Å²) in [5, 5.41) is 3.57. The number of hydrogen-bond donors (Lipinski definition) is 1. The minimum atomic E-state index is -0.377. The van der Waals surface area contributed by atoms with E-state index < -0.39 is 0 Å². The first kappa shape index (κ1) is 16.0. The molecular formula is C16H23ClN2O2. The number of nitrogens with zero attached hydrogens (tertiary/aromatic N) is 1. The van der Waals surface area contributed by atoms with Crippen molar-refractivity contribution in [1.29, 1.82) is 0 Å². The van der Waals surface area contributed by atoms with Crippen molar-refractivity contribution in [3.63, 3.8) is 0 Å². The molecule has 0 bridgehead atoms. The van der Waals surface area contributed by atoms with Gasteiger partial charge in [-0.25, -0.2) is 4.79 Å². The smallest absolute Gasteiger partial charge is 0.320 e. The molecule has 1 aliphatic rings. The average molecular weight is 311 g/mol. The van der Waals surface area contributed by atoms with Crippen molar-refractivity contribution in [3.05, 3.63) is 29.3 Å². The summed E-state index contributed by atoms with van der Waals surface area (Å²) in [4.78, 5) is 14.3. The number of rotatable bonds is 4. The maximum atomic E-state index is 12.3. The van der Waals surface area contributed by atoms with Gasteiger partial charge in [0.05, 0.1) is 0 Å². The maximum absolute atomic E-state index is 12.3. The van der Waals surface area contributed by atoms with Crippen LogP contribution in [-0.4, -0.2) is 29.7 Å². The molecule has 1 N–H and O–H groups in total. The Labute approximate surface area is 131 Å². The quantitative estimate of drug-likeness (QED) is 0.853. The van der Waals surface area contributed by atoms with Gasteiger partial charge in [0.25, 0.3) is 0 Å². The van der Waals surface area contributed by atoms with E-state index in [0.717, 1.165) is 25.8 Å². The summed E-state index contributed by atoms with van der Waals surface area (Å²) in [6, 6.07) is 7.43. The van der Waals surface area contributed by atoms with Crippen molar-refractivity contribution in [2.45, 2.75) is 51.8 Å². The van der Waals surface area contributed by atoms with E-state index in [1.807, 2.05) is 11.8 Å². The normalized spacial score (nSPS) is 20.0. The lowest BCUT2D eigenvalue weighted by Crippen LogP contribution is -2.51. The molecule has 1 aromatic rings. The van der Waals surface area contributed by atoms with Crippen molar-refractivity contribution >= 4 is 17.6 Å². The summed E-state index contributed by atoms with van der Waals surface area (Å²) in [5.74, 6) is 0.692. The number of hydrogen-bond acceptors (Lipinski definition) is 2. The van der Waals surface area contributed by atoms with E-state index in [1.165, 1.54) is 6.42 Å². The lowest BCUT2D eigenvalue weighted by Gasteiger charge is -2.35. The lowest BCUT2D eigenvalue weighted by molar-refractivity contribution is 0.123. The summed E-state index contributed by atoms with van der Waals surface area (Å²) in [6.07, 6.45) is 4.00. The number of carbonyl (C=O) groups is 1. The third-order valence-electron chi connectivity index (χ3n) is 3.81. The molecule has 4 nitrogen and oxygen atoms in total. The highest BCUT2D eigenvalue weighted by Crippen LogP contribution is 2.20. The van der Waals surface area contributed by atoms with Gasteiger partial charge in [0.1, 0.15) is 5.75 Å². The number of ether oxygens (including phenoxy) is 1. The first-order valence-corrected chi connectivity index (χ1v) is 7.97. The molecule has 1 heterocycles.